The second-order valence-electron chi connectivity index (χ2n) is 5.44. The molecule has 2 rings (SSSR count). The highest BCUT2D eigenvalue weighted by atomic mass is 127. The van der Waals surface area contributed by atoms with Crippen LogP contribution in [0.15, 0.2) is 29.3 Å². The molecule has 0 saturated carbocycles. The fourth-order valence-corrected chi connectivity index (χ4v) is 2.39. The first kappa shape index (κ1) is 21.6. The first-order chi connectivity index (χ1) is 11.4. The number of likely N-dealkylation sites (tertiary alicyclic amines) is 1. The Morgan fingerprint density at radius 1 is 1.44 bits per heavy atom. The van der Waals surface area contributed by atoms with Crippen LogP contribution in [-0.2, 0) is 6.18 Å². The molecule has 0 unspecified atom stereocenters. The van der Waals surface area contributed by atoms with Crippen LogP contribution >= 0.6 is 24.0 Å². The van der Waals surface area contributed by atoms with Crippen LogP contribution in [0.2, 0.25) is 0 Å². The molecule has 1 aromatic rings. The summed E-state index contributed by atoms with van der Waals surface area (Å²) in [7, 11) is 0. The first-order valence-corrected chi connectivity index (χ1v) is 7.77. The lowest BCUT2D eigenvalue weighted by molar-refractivity contribution is -0.137. The molecule has 1 aromatic carbocycles. The van der Waals surface area contributed by atoms with Gasteiger partial charge < -0.3 is 15.3 Å². The van der Waals surface area contributed by atoms with E-state index in [4.69, 9.17) is 0 Å². The number of halogens is 4. The monoisotopic (exact) mass is 467 g/mol. The topological polar surface area (TPSA) is 47.9 Å². The third kappa shape index (κ3) is 6.74. The third-order valence-corrected chi connectivity index (χ3v) is 3.53. The summed E-state index contributed by atoms with van der Waals surface area (Å²) < 4.78 is 37.9. The van der Waals surface area contributed by atoms with Crippen LogP contribution in [-0.4, -0.2) is 48.2 Å². The highest BCUT2D eigenvalue weighted by molar-refractivity contribution is 14.0. The molecule has 0 aromatic heterocycles. The maximum atomic E-state index is 12.6. The van der Waals surface area contributed by atoms with Gasteiger partial charge in [0.05, 0.1) is 11.7 Å². The van der Waals surface area contributed by atoms with Gasteiger partial charge in [-0.25, -0.2) is 4.99 Å². The zero-order chi connectivity index (χ0) is 17.6. The minimum atomic E-state index is -4.37. The number of nitrogens with one attached hydrogen (secondary N) is 1. The van der Waals surface area contributed by atoms with Crippen LogP contribution in [0, 0.1) is 11.8 Å². The van der Waals surface area contributed by atoms with Gasteiger partial charge in [0.1, 0.15) is 6.54 Å². The largest absolute Gasteiger partial charge is 0.416 e. The summed E-state index contributed by atoms with van der Waals surface area (Å²) in [4.78, 5) is 6.29. The van der Waals surface area contributed by atoms with Crippen LogP contribution in [0.1, 0.15) is 24.5 Å². The summed E-state index contributed by atoms with van der Waals surface area (Å²) in [6, 6.07) is 4.92. The maximum Gasteiger partial charge on any atom is 0.416 e. The van der Waals surface area contributed by atoms with E-state index < -0.39 is 11.7 Å². The Morgan fingerprint density at radius 2 is 2.20 bits per heavy atom. The molecule has 0 radical (unpaired) electrons. The van der Waals surface area contributed by atoms with Crippen LogP contribution in [0.5, 0.6) is 0 Å². The van der Waals surface area contributed by atoms with Gasteiger partial charge in [0.2, 0.25) is 0 Å². The average Bonchev–Trinajstić information content (AvgIpc) is 2.96. The molecule has 4 nitrogen and oxygen atoms in total. The first-order valence-electron chi connectivity index (χ1n) is 7.77. The SMILES string of the molecule is CCNC(=NCC#Cc1cccc(C(F)(F)F)c1)N1CC[C@@H](O)C1.I. The fraction of sp³-hybridized carbons (Fsp3) is 0.471. The molecule has 0 spiro atoms. The van der Waals surface area contributed by atoms with E-state index in [2.05, 4.69) is 22.2 Å². The van der Waals surface area contributed by atoms with Crippen molar-refractivity contribution < 1.29 is 18.3 Å². The van der Waals surface area contributed by atoms with Gasteiger partial charge >= 0.3 is 6.18 Å². The Labute approximate surface area is 162 Å². The van der Waals surface area contributed by atoms with Crippen molar-refractivity contribution in [3.8, 4) is 11.8 Å². The molecule has 1 saturated heterocycles. The number of hydrogen-bond acceptors (Lipinski definition) is 2. The summed E-state index contributed by atoms with van der Waals surface area (Å²) in [5, 5.41) is 12.7. The summed E-state index contributed by atoms with van der Waals surface area (Å²) in [6.45, 7) is 4.04. The number of aliphatic imine (C=N–C) groups is 1. The number of guanidine groups is 1. The number of hydrogen-bond donors (Lipinski definition) is 2. The summed E-state index contributed by atoms with van der Waals surface area (Å²) >= 11 is 0. The summed E-state index contributed by atoms with van der Waals surface area (Å²) in [5.74, 6) is 6.13. The molecule has 0 aliphatic carbocycles. The minimum absolute atomic E-state index is 0. The average molecular weight is 467 g/mol. The van der Waals surface area contributed by atoms with Crippen molar-refractivity contribution in [1.29, 1.82) is 0 Å². The lowest BCUT2D eigenvalue weighted by atomic mass is 10.1. The van der Waals surface area contributed by atoms with Crippen molar-refractivity contribution in [1.82, 2.24) is 10.2 Å². The van der Waals surface area contributed by atoms with Gasteiger partial charge in [-0.15, -0.1) is 24.0 Å². The number of alkyl halides is 3. The molecule has 0 bridgehead atoms. The van der Waals surface area contributed by atoms with Crippen LogP contribution in [0.4, 0.5) is 13.2 Å². The van der Waals surface area contributed by atoms with Gasteiger partial charge in [-0.3, -0.25) is 0 Å². The minimum Gasteiger partial charge on any atom is -0.391 e. The molecule has 25 heavy (non-hydrogen) atoms. The Bertz CT molecular complexity index is 653. The quantitative estimate of drug-likeness (QED) is 0.305. The highest BCUT2D eigenvalue weighted by Gasteiger charge is 2.30. The lowest BCUT2D eigenvalue weighted by Crippen LogP contribution is -2.40. The molecule has 138 valence electrons. The highest BCUT2D eigenvalue weighted by Crippen LogP contribution is 2.29. The zero-order valence-electron chi connectivity index (χ0n) is 13.8. The summed E-state index contributed by atoms with van der Waals surface area (Å²) in [5.41, 5.74) is -0.404. The van der Waals surface area contributed by atoms with E-state index >= 15 is 0 Å². The van der Waals surface area contributed by atoms with Crippen molar-refractivity contribution >= 4 is 29.9 Å². The van der Waals surface area contributed by atoms with Gasteiger partial charge in [-0.05, 0) is 31.5 Å². The number of aliphatic hydroxyl groups excluding tert-OH is 1. The van der Waals surface area contributed by atoms with Crippen molar-refractivity contribution in [3.63, 3.8) is 0 Å². The molecule has 8 heteroatoms. The van der Waals surface area contributed by atoms with E-state index in [1.54, 1.807) is 0 Å². The van der Waals surface area contributed by atoms with E-state index in [9.17, 15) is 18.3 Å². The van der Waals surface area contributed by atoms with E-state index in [-0.39, 0.29) is 36.6 Å². The third-order valence-electron chi connectivity index (χ3n) is 3.53. The Morgan fingerprint density at radius 3 is 2.80 bits per heavy atom. The second-order valence-corrected chi connectivity index (χ2v) is 5.44. The van der Waals surface area contributed by atoms with Crippen molar-refractivity contribution in [3.05, 3.63) is 35.4 Å². The fourth-order valence-electron chi connectivity index (χ4n) is 2.39. The normalized spacial score (nSPS) is 17.6. The predicted molar refractivity (Wildman–Crippen MR) is 102 cm³/mol. The maximum absolute atomic E-state index is 12.6. The van der Waals surface area contributed by atoms with Crippen molar-refractivity contribution in [2.45, 2.75) is 25.6 Å². The number of β-amino-alcohol motifs (C(OH)–C–C–N with tert-alkyl or cyclic N) is 1. The van der Waals surface area contributed by atoms with E-state index in [1.165, 1.54) is 12.1 Å². The number of benzene rings is 1. The molecule has 1 atom stereocenters. The molecule has 1 fully saturated rings. The van der Waals surface area contributed by atoms with Crippen molar-refractivity contribution in [2.24, 2.45) is 4.99 Å². The van der Waals surface area contributed by atoms with Crippen LogP contribution < -0.4 is 5.32 Å². The second kappa shape index (κ2) is 9.87. The van der Waals surface area contributed by atoms with Crippen molar-refractivity contribution in [2.75, 3.05) is 26.2 Å². The van der Waals surface area contributed by atoms with E-state index in [1.807, 2.05) is 11.8 Å². The molecule has 0 amide bonds. The number of nitrogens with zero attached hydrogens (tertiary/aromatic N) is 2. The Balaban J connectivity index is 0.00000312. The smallest absolute Gasteiger partial charge is 0.391 e. The lowest BCUT2D eigenvalue weighted by Gasteiger charge is -2.20. The van der Waals surface area contributed by atoms with Crippen LogP contribution in [0.3, 0.4) is 0 Å². The molecule has 1 aliphatic rings. The van der Waals surface area contributed by atoms with Gasteiger partial charge in [-0.2, -0.15) is 13.2 Å². The van der Waals surface area contributed by atoms with Gasteiger partial charge in [0.15, 0.2) is 5.96 Å². The van der Waals surface area contributed by atoms with E-state index in [0.717, 1.165) is 12.1 Å². The number of rotatable bonds is 2. The zero-order valence-corrected chi connectivity index (χ0v) is 16.1. The molecule has 1 heterocycles. The summed E-state index contributed by atoms with van der Waals surface area (Å²) in [6.07, 6.45) is -4.03. The molecule has 1 aliphatic heterocycles. The molecular formula is C17H21F3IN3O. The van der Waals surface area contributed by atoms with Crippen LogP contribution in [0.25, 0.3) is 0 Å². The Kier molecular flexibility index (Phi) is 8.52. The van der Waals surface area contributed by atoms with Gasteiger partial charge in [0.25, 0.3) is 0 Å². The Hall–Kier alpha value is -1.47. The molecular weight excluding hydrogens is 446 g/mol. The van der Waals surface area contributed by atoms with Gasteiger partial charge in [-0.1, -0.05) is 17.9 Å². The molecule has 2 N–H and O–H groups in total. The standard InChI is InChI=1S/C17H20F3N3O.HI/c1-2-21-16(23-10-8-15(24)12-23)22-9-4-6-13-5-3-7-14(11-13)17(18,19)20;/h3,5,7,11,15,24H,2,8-10,12H2,1H3,(H,21,22);1H/t15-;/m1./s1. The van der Waals surface area contributed by atoms with E-state index in [0.29, 0.717) is 37.6 Å². The predicted octanol–water partition coefficient (Wildman–Crippen LogP) is 2.71. The van der Waals surface area contributed by atoms with Gasteiger partial charge in [0, 0.05) is 25.2 Å². The number of aliphatic hydroxyl groups is 1.